The number of ether oxygens (including phenoxy) is 2. The van der Waals surface area contributed by atoms with Crippen LogP contribution >= 0.6 is 7.82 Å². The maximum absolute atomic E-state index is 12.6. The Morgan fingerprint density at radius 2 is 0.918 bits per heavy atom. The maximum Gasteiger partial charge on any atom is 0.472 e. The van der Waals surface area contributed by atoms with Gasteiger partial charge in [-0.2, -0.15) is 0 Å². The molecule has 0 aromatic carbocycles. The molecule has 0 aromatic heterocycles. The molecule has 0 spiro atoms. The Bertz CT molecular complexity index is 1220. The normalized spacial score (nSPS) is 14.6. The first-order valence-electron chi connectivity index (χ1n) is 24.1. The van der Waals surface area contributed by atoms with Crippen LogP contribution in [0.5, 0.6) is 0 Å². The smallest absolute Gasteiger partial charge is 0.457 e. The molecule has 3 atom stereocenters. The van der Waals surface area contributed by atoms with Gasteiger partial charge in [-0.3, -0.25) is 13.8 Å². The summed E-state index contributed by atoms with van der Waals surface area (Å²) in [6, 6.07) is 0. The van der Waals surface area contributed by atoms with E-state index in [4.69, 9.17) is 23.6 Å². The summed E-state index contributed by atoms with van der Waals surface area (Å²) in [7, 11) is -4.54. The number of aliphatic hydroxyl groups is 2. The second-order valence-electron chi connectivity index (χ2n) is 15.8. The van der Waals surface area contributed by atoms with Gasteiger partial charge < -0.3 is 24.6 Å². The van der Waals surface area contributed by atoms with Crippen LogP contribution in [0.25, 0.3) is 0 Å². The van der Waals surface area contributed by atoms with E-state index in [0.29, 0.717) is 13.0 Å². The van der Waals surface area contributed by atoms with Crippen molar-refractivity contribution < 1.29 is 43.0 Å². The van der Waals surface area contributed by atoms with Crippen LogP contribution in [0.1, 0.15) is 187 Å². The van der Waals surface area contributed by atoms with E-state index < -0.39 is 45.8 Å². The SMILES string of the molecule is CC/C=C\C/C=C\C/C=C\C/C=C\C/C=C\C/C=C\C/C=C\CCCC(=O)OC(COCCCCCCCCCCCCCCCCCCC)COP(=O)(O)OCC(O)CO. The molecule has 0 radical (unpaired) electrons. The standard InChI is InChI=1S/C51H89O9P/c1-3-5-7-9-11-13-15-17-19-21-22-23-24-25-26-27-29-31-33-35-37-39-41-43-51(54)60-50(48-59-61(55,56)58-46-49(53)45-52)47-57-44-42-40-38-36-34-32-30-28-20-18-16-14-12-10-8-6-4-2/h5,7,11,13,17,19,22-23,25-26,29,31,35,37,49-50,52-53H,3-4,6,8-10,12,14-16,18,20-21,24,27-28,30,32-34,36,38-48H2,1-2H3,(H,55,56)/b7-5-,13-11-,19-17-,23-22-,26-25-,31-29-,37-35-. The number of aliphatic hydroxyl groups excluding tert-OH is 2. The molecule has 10 heteroatoms. The van der Waals surface area contributed by atoms with Crippen molar-refractivity contribution in [2.45, 2.75) is 199 Å². The van der Waals surface area contributed by atoms with Gasteiger partial charge in [0.15, 0.2) is 0 Å². The van der Waals surface area contributed by atoms with Crippen molar-refractivity contribution in [1.29, 1.82) is 0 Å². The van der Waals surface area contributed by atoms with Crippen LogP contribution in [0.4, 0.5) is 0 Å². The number of phosphoric ester groups is 1. The molecule has 0 saturated heterocycles. The summed E-state index contributed by atoms with van der Waals surface area (Å²) in [4.78, 5) is 22.6. The van der Waals surface area contributed by atoms with Crippen molar-refractivity contribution in [3.05, 3.63) is 85.1 Å². The summed E-state index contributed by atoms with van der Waals surface area (Å²) in [6.07, 6.45) is 58.4. The molecule has 0 saturated carbocycles. The Labute approximate surface area is 373 Å². The number of hydrogen-bond acceptors (Lipinski definition) is 8. The van der Waals surface area contributed by atoms with Gasteiger partial charge in [-0.05, 0) is 64.2 Å². The molecule has 0 aliphatic carbocycles. The number of phosphoric acid groups is 1. The summed E-state index contributed by atoms with van der Waals surface area (Å²) in [5.41, 5.74) is 0. The van der Waals surface area contributed by atoms with Crippen LogP contribution in [0, 0.1) is 0 Å². The summed E-state index contributed by atoms with van der Waals surface area (Å²) < 4.78 is 33.4. The third-order valence-electron chi connectivity index (χ3n) is 9.85. The van der Waals surface area contributed by atoms with E-state index >= 15 is 0 Å². The number of esters is 1. The van der Waals surface area contributed by atoms with Gasteiger partial charge in [0.05, 0.1) is 26.4 Å². The lowest BCUT2D eigenvalue weighted by atomic mass is 10.0. The van der Waals surface area contributed by atoms with Crippen LogP contribution in [0.2, 0.25) is 0 Å². The average molecular weight is 877 g/mol. The minimum Gasteiger partial charge on any atom is -0.457 e. The summed E-state index contributed by atoms with van der Waals surface area (Å²) >= 11 is 0. The van der Waals surface area contributed by atoms with Gasteiger partial charge in [0.1, 0.15) is 12.2 Å². The Hall–Kier alpha value is -2.36. The molecule has 0 bridgehead atoms. The lowest BCUT2D eigenvalue weighted by molar-refractivity contribution is -0.154. The Morgan fingerprint density at radius 1 is 0.525 bits per heavy atom. The van der Waals surface area contributed by atoms with Crippen LogP contribution in [-0.4, -0.2) is 66.3 Å². The van der Waals surface area contributed by atoms with Crippen molar-refractivity contribution in [2.75, 3.05) is 33.0 Å². The summed E-state index contributed by atoms with van der Waals surface area (Å²) in [6.45, 7) is 3.33. The van der Waals surface area contributed by atoms with Crippen molar-refractivity contribution in [3.63, 3.8) is 0 Å². The highest BCUT2D eigenvalue weighted by Crippen LogP contribution is 2.43. The molecule has 0 fully saturated rings. The zero-order chi connectivity index (χ0) is 44.6. The second-order valence-corrected chi connectivity index (χ2v) is 17.2. The van der Waals surface area contributed by atoms with Crippen molar-refractivity contribution >= 4 is 13.8 Å². The van der Waals surface area contributed by atoms with E-state index in [9.17, 15) is 19.4 Å². The van der Waals surface area contributed by atoms with Crippen molar-refractivity contribution in [2.24, 2.45) is 0 Å². The Morgan fingerprint density at radius 3 is 1.34 bits per heavy atom. The fraction of sp³-hybridized carbons (Fsp3) is 0.706. The molecule has 3 unspecified atom stereocenters. The van der Waals surface area contributed by atoms with E-state index in [1.54, 1.807) is 0 Å². The first-order valence-corrected chi connectivity index (χ1v) is 25.6. The maximum atomic E-state index is 12.6. The Kier molecular flexibility index (Phi) is 45.3. The first-order chi connectivity index (χ1) is 29.8. The topological polar surface area (TPSA) is 132 Å². The van der Waals surface area contributed by atoms with Gasteiger partial charge in [0, 0.05) is 13.0 Å². The molecule has 3 N–H and O–H groups in total. The predicted octanol–water partition coefficient (Wildman–Crippen LogP) is 13.9. The molecule has 0 rings (SSSR count). The van der Waals surface area contributed by atoms with Gasteiger partial charge in [0.2, 0.25) is 0 Å². The third kappa shape index (κ3) is 47.0. The molecule has 0 aliphatic heterocycles. The molecular formula is C51H89O9P. The lowest BCUT2D eigenvalue weighted by Gasteiger charge is -2.20. The van der Waals surface area contributed by atoms with Crippen LogP contribution < -0.4 is 0 Å². The highest BCUT2D eigenvalue weighted by molar-refractivity contribution is 7.47. The van der Waals surface area contributed by atoms with E-state index in [2.05, 4.69) is 98.9 Å². The first kappa shape index (κ1) is 58.6. The minimum absolute atomic E-state index is 0.0235. The largest absolute Gasteiger partial charge is 0.472 e. The number of rotatable bonds is 45. The van der Waals surface area contributed by atoms with Crippen molar-refractivity contribution in [3.8, 4) is 0 Å². The third-order valence-corrected chi connectivity index (χ3v) is 10.8. The van der Waals surface area contributed by atoms with E-state index in [0.717, 1.165) is 70.6 Å². The number of carbonyl (C=O) groups is 1. The fourth-order valence-electron chi connectivity index (χ4n) is 6.23. The average Bonchev–Trinajstić information content (AvgIpc) is 3.25. The number of unbranched alkanes of at least 4 members (excludes halogenated alkanes) is 17. The second kappa shape index (κ2) is 47.1. The zero-order valence-electron chi connectivity index (χ0n) is 38.6. The number of carbonyl (C=O) groups excluding carboxylic acids is 1. The summed E-state index contributed by atoms with van der Waals surface area (Å²) in [5.74, 6) is -0.440. The van der Waals surface area contributed by atoms with Gasteiger partial charge in [-0.25, -0.2) is 4.57 Å². The van der Waals surface area contributed by atoms with Crippen LogP contribution in [0.3, 0.4) is 0 Å². The Balaban J connectivity index is 4.25. The monoisotopic (exact) mass is 877 g/mol. The van der Waals surface area contributed by atoms with Crippen LogP contribution in [0.15, 0.2) is 85.1 Å². The summed E-state index contributed by atoms with van der Waals surface area (Å²) in [5, 5.41) is 18.4. The molecule has 352 valence electrons. The molecular weight excluding hydrogens is 788 g/mol. The highest BCUT2D eigenvalue weighted by atomic mass is 31.2. The molecule has 0 heterocycles. The van der Waals surface area contributed by atoms with Gasteiger partial charge >= 0.3 is 13.8 Å². The van der Waals surface area contributed by atoms with Gasteiger partial charge in [-0.1, -0.05) is 202 Å². The fourth-order valence-corrected chi connectivity index (χ4v) is 7.02. The highest BCUT2D eigenvalue weighted by Gasteiger charge is 2.26. The number of allylic oxidation sites excluding steroid dienone is 14. The van der Waals surface area contributed by atoms with Gasteiger partial charge in [-0.15, -0.1) is 0 Å². The minimum atomic E-state index is -4.54. The van der Waals surface area contributed by atoms with Gasteiger partial charge in [0.25, 0.3) is 0 Å². The molecule has 0 amide bonds. The quantitative estimate of drug-likeness (QED) is 0.0237. The molecule has 0 aliphatic rings. The van der Waals surface area contributed by atoms with E-state index in [1.807, 2.05) is 0 Å². The molecule has 9 nitrogen and oxygen atoms in total. The predicted molar refractivity (Wildman–Crippen MR) is 256 cm³/mol. The van der Waals surface area contributed by atoms with E-state index in [-0.39, 0.29) is 13.0 Å². The number of hydrogen-bond donors (Lipinski definition) is 3. The zero-order valence-corrected chi connectivity index (χ0v) is 39.5. The molecule has 61 heavy (non-hydrogen) atoms. The van der Waals surface area contributed by atoms with Crippen LogP contribution in [-0.2, 0) is 27.9 Å². The lowest BCUT2D eigenvalue weighted by Crippen LogP contribution is -2.29. The molecule has 0 aromatic rings. The van der Waals surface area contributed by atoms with E-state index in [1.165, 1.54) is 89.9 Å². The van der Waals surface area contributed by atoms with Crippen molar-refractivity contribution in [1.82, 2.24) is 0 Å².